The molecule has 0 bridgehead atoms. The number of nitrogens with one attached hydrogen (secondary N) is 2. The molecule has 2 aromatic rings. The lowest BCUT2D eigenvalue weighted by Gasteiger charge is -2.27. The fourth-order valence-corrected chi connectivity index (χ4v) is 3.42. The van der Waals surface area contributed by atoms with Gasteiger partial charge in [-0.25, -0.2) is 0 Å². The van der Waals surface area contributed by atoms with Crippen LogP contribution in [0, 0.1) is 5.92 Å². The van der Waals surface area contributed by atoms with E-state index in [9.17, 15) is 4.79 Å². The number of carbonyl (C=O) groups excluding carboxylic acids is 1. The van der Waals surface area contributed by atoms with E-state index < -0.39 is 0 Å². The molecule has 4 nitrogen and oxygen atoms in total. The topological polar surface area (TPSA) is 50.4 Å². The van der Waals surface area contributed by atoms with Crippen LogP contribution in [0.4, 0.5) is 0 Å². The first-order valence-electron chi connectivity index (χ1n) is 9.42. The predicted octanol–water partition coefficient (Wildman–Crippen LogP) is 3.83. The Bertz CT molecular complexity index is 708. The van der Waals surface area contributed by atoms with E-state index in [1.807, 2.05) is 30.3 Å². The molecule has 0 aromatic heterocycles. The molecule has 2 N–H and O–H groups in total. The van der Waals surface area contributed by atoms with Crippen molar-refractivity contribution in [2.75, 3.05) is 6.54 Å². The number of amides is 1. The van der Waals surface area contributed by atoms with E-state index in [4.69, 9.17) is 4.74 Å². The Morgan fingerprint density at radius 1 is 1.07 bits per heavy atom. The summed E-state index contributed by atoms with van der Waals surface area (Å²) in [5, 5.41) is 6.51. The van der Waals surface area contributed by atoms with Crippen molar-refractivity contribution in [3.8, 4) is 0 Å². The number of hydrogen-bond donors (Lipinski definition) is 2. The summed E-state index contributed by atoms with van der Waals surface area (Å²) in [7, 11) is 0. The van der Waals surface area contributed by atoms with E-state index >= 15 is 0 Å². The van der Waals surface area contributed by atoms with Gasteiger partial charge in [-0.05, 0) is 43.0 Å². The lowest BCUT2D eigenvalue weighted by atomic mass is 9.92. The van der Waals surface area contributed by atoms with Crippen LogP contribution < -0.4 is 10.6 Å². The fourth-order valence-electron chi connectivity index (χ4n) is 3.42. The maximum Gasteiger partial charge on any atom is 0.223 e. The minimum Gasteiger partial charge on any atom is -0.372 e. The van der Waals surface area contributed by atoms with E-state index in [1.54, 1.807) is 0 Å². The molecule has 1 saturated heterocycles. The van der Waals surface area contributed by atoms with Gasteiger partial charge < -0.3 is 15.4 Å². The standard InChI is InChI=1S/C22H28N2O2.ClH/c1-17-13-19(11-12-23-17)22(25)24-14-20-9-5-6-10-21(20)16-26-15-18-7-3-2-4-8-18;/h2-10,17,19,23H,11-16H2,1H3,(H,24,25);1H/t17-,19-;/m0./s1. The maximum absolute atomic E-state index is 12.5. The molecule has 1 amide bonds. The highest BCUT2D eigenvalue weighted by Crippen LogP contribution is 2.17. The third kappa shape index (κ3) is 6.65. The molecule has 0 aliphatic carbocycles. The van der Waals surface area contributed by atoms with Gasteiger partial charge in [-0.15, -0.1) is 12.4 Å². The first kappa shape index (κ1) is 21.4. The van der Waals surface area contributed by atoms with Crippen LogP contribution in [0.3, 0.4) is 0 Å². The van der Waals surface area contributed by atoms with Crippen molar-refractivity contribution in [2.24, 2.45) is 5.92 Å². The van der Waals surface area contributed by atoms with Crippen LogP contribution in [0.2, 0.25) is 0 Å². The SMILES string of the molecule is C[C@H]1C[C@@H](C(=O)NCc2ccccc2COCc2ccccc2)CCN1.Cl. The van der Waals surface area contributed by atoms with Gasteiger partial charge in [0, 0.05) is 18.5 Å². The summed E-state index contributed by atoms with van der Waals surface area (Å²) in [6.07, 6.45) is 1.83. The molecule has 0 radical (unpaired) electrons. The predicted molar refractivity (Wildman–Crippen MR) is 111 cm³/mol. The molecular weight excluding hydrogens is 360 g/mol. The van der Waals surface area contributed by atoms with Crippen molar-refractivity contribution in [1.29, 1.82) is 0 Å². The maximum atomic E-state index is 12.5. The van der Waals surface area contributed by atoms with Gasteiger partial charge in [-0.1, -0.05) is 54.6 Å². The minimum absolute atomic E-state index is 0. The second-order valence-electron chi connectivity index (χ2n) is 7.04. The van der Waals surface area contributed by atoms with Crippen LogP contribution >= 0.6 is 12.4 Å². The molecule has 5 heteroatoms. The van der Waals surface area contributed by atoms with E-state index in [0.717, 1.165) is 30.5 Å². The Hall–Kier alpha value is -1.88. The van der Waals surface area contributed by atoms with Crippen LogP contribution in [0.5, 0.6) is 0 Å². The van der Waals surface area contributed by atoms with Gasteiger partial charge in [-0.3, -0.25) is 4.79 Å². The first-order chi connectivity index (χ1) is 12.7. The summed E-state index contributed by atoms with van der Waals surface area (Å²) >= 11 is 0. The van der Waals surface area contributed by atoms with Crippen LogP contribution in [-0.2, 0) is 29.3 Å². The highest BCUT2D eigenvalue weighted by molar-refractivity contribution is 5.85. The largest absolute Gasteiger partial charge is 0.372 e. The molecule has 2 atom stereocenters. The average Bonchev–Trinajstić information content (AvgIpc) is 2.68. The summed E-state index contributed by atoms with van der Waals surface area (Å²) in [5.41, 5.74) is 3.41. The second-order valence-corrected chi connectivity index (χ2v) is 7.04. The lowest BCUT2D eigenvalue weighted by Crippen LogP contribution is -2.42. The second kappa shape index (κ2) is 11.1. The quantitative estimate of drug-likeness (QED) is 0.757. The summed E-state index contributed by atoms with van der Waals surface area (Å²) in [6, 6.07) is 18.7. The van der Waals surface area contributed by atoms with Crippen LogP contribution in [0.1, 0.15) is 36.5 Å². The highest BCUT2D eigenvalue weighted by Gasteiger charge is 2.24. The zero-order valence-electron chi connectivity index (χ0n) is 15.8. The zero-order valence-corrected chi connectivity index (χ0v) is 16.6. The normalized spacial score (nSPS) is 19.1. The molecule has 1 aliphatic heterocycles. The molecule has 2 aromatic carbocycles. The van der Waals surface area contributed by atoms with Gasteiger partial charge in [0.05, 0.1) is 13.2 Å². The lowest BCUT2D eigenvalue weighted by molar-refractivity contribution is -0.126. The Kier molecular flexibility index (Phi) is 8.79. The smallest absolute Gasteiger partial charge is 0.223 e. The number of ether oxygens (including phenoxy) is 1. The van der Waals surface area contributed by atoms with Crippen molar-refractivity contribution < 1.29 is 9.53 Å². The monoisotopic (exact) mass is 388 g/mol. The van der Waals surface area contributed by atoms with Gasteiger partial charge in [0.1, 0.15) is 0 Å². The summed E-state index contributed by atoms with van der Waals surface area (Å²) < 4.78 is 5.86. The number of hydrogen-bond acceptors (Lipinski definition) is 3. The minimum atomic E-state index is 0. The molecular formula is C22H29ClN2O2. The summed E-state index contributed by atoms with van der Waals surface area (Å²) in [5.74, 6) is 0.283. The van der Waals surface area contributed by atoms with Crippen LogP contribution in [0.25, 0.3) is 0 Å². The number of rotatable bonds is 7. The van der Waals surface area contributed by atoms with E-state index in [1.165, 1.54) is 5.56 Å². The average molecular weight is 389 g/mol. The molecule has 0 spiro atoms. The van der Waals surface area contributed by atoms with Crippen molar-refractivity contribution >= 4 is 18.3 Å². The van der Waals surface area contributed by atoms with Gasteiger partial charge in [0.25, 0.3) is 0 Å². The van der Waals surface area contributed by atoms with Crippen LogP contribution in [-0.4, -0.2) is 18.5 Å². The highest BCUT2D eigenvalue weighted by atomic mass is 35.5. The van der Waals surface area contributed by atoms with E-state index in [2.05, 4.69) is 41.8 Å². The summed E-state index contributed by atoms with van der Waals surface area (Å²) in [6.45, 7) is 4.75. The van der Waals surface area contributed by atoms with Gasteiger partial charge in [0.2, 0.25) is 5.91 Å². The van der Waals surface area contributed by atoms with Gasteiger partial charge in [-0.2, -0.15) is 0 Å². The summed E-state index contributed by atoms with van der Waals surface area (Å²) in [4.78, 5) is 12.5. The zero-order chi connectivity index (χ0) is 18.2. The Labute approximate surface area is 168 Å². The molecule has 3 rings (SSSR count). The number of halogens is 1. The number of benzene rings is 2. The van der Waals surface area contributed by atoms with Gasteiger partial charge in [0.15, 0.2) is 0 Å². The number of piperidine rings is 1. The third-order valence-corrected chi connectivity index (χ3v) is 4.94. The fraction of sp³-hybridized carbons (Fsp3) is 0.409. The Morgan fingerprint density at radius 2 is 1.78 bits per heavy atom. The molecule has 1 aliphatic rings. The van der Waals surface area contributed by atoms with Crippen molar-refractivity contribution in [1.82, 2.24) is 10.6 Å². The first-order valence-corrected chi connectivity index (χ1v) is 9.42. The third-order valence-electron chi connectivity index (χ3n) is 4.94. The Balaban J connectivity index is 0.00000261. The molecule has 0 saturated carbocycles. The van der Waals surface area contributed by atoms with Crippen molar-refractivity contribution in [2.45, 2.75) is 45.6 Å². The van der Waals surface area contributed by atoms with Crippen molar-refractivity contribution in [3.05, 3.63) is 71.3 Å². The van der Waals surface area contributed by atoms with E-state index in [-0.39, 0.29) is 24.2 Å². The number of carbonyl (C=O) groups is 1. The molecule has 1 heterocycles. The molecule has 1 fully saturated rings. The molecule has 0 unspecified atom stereocenters. The van der Waals surface area contributed by atoms with Crippen molar-refractivity contribution in [3.63, 3.8) is 0 Å². The molecule has 27 heavy (non-hydrogen) atoms. The van der Waals surface area contributed by atoms with Crippen LogP contribution in [0.15, 0.2) is 54.6 Å². The van der Waals surface area contributed by atoms with Gasteiger partial charge >= 0.3 is 0 Å². The Morgan fingerprint density at radius 3 is 2.52 bits per heavy atom. The molecule has 146 valence electrons. The van der Waals surface area contributed by atoms with E-state index in [0.29, 0.717) is 25.8 Å².